The molecule has 31 heavy (non-hydrogen) atoms. The van der Waals surface area contributed by atoms with E-state index >= 15 is 0 Å². The molecule has 0 radical (unpaired) electrons. The fraction of sp³-hybridized carbons (Fsp3) is 0.273. The van der Waals surface area contributed by atoms with Crippen LogP contribution in [0.5, 0.6) is 0 Å². The molecule has 3 N–H and O–H groups in total. The Kier molecular flexibility index (Phi) is 5.93. The maximum absolute atomic E-state index is 13.1. The van der Waals surface area contributed by atoms with Crippen LogP contribution in [0, 0.1) is 13.8 Å². The number of aromatic amines is 1. The number of aryl methyl sites for hydroxylation is 2. The molecule has 0 unspecified atom stereocenters. The Morgan fingerprint density at radius 2 is 1.74 bits per heavy atom. The molecule has 0 saturated heterocycles. The third kappa shape index (κ3) is 4.95. The zero-order chi connectivity index (χ0) is 23.0. The lowest BCUT2D eigenvalue weighted by molar-refractivity contribution is 0.102. The summed E-state index contributed by atoms with van der Waals surface area (Å²) in [7, 11) is -3.80. The van der Waals surface area contributed by atoms with Crippen molar-refractivity contribution in [1.29, 1.82) is 0 Å². The van der Waals surface area contributed by atoms with Gasteiger partial charge < -0.3 is 10.3 Å². The summed E-state index contributed by atoms with van der Waals surface area (Å²) >= 11 is 0. The second kappa shape index (κ2) is 8.16. The van der Waals surface area contributed by atoms with Crippen molar-refractivity contribution in [2.45, 2.75) is 45.1 Å². The summed E-state index contributed by atoms with van der Waals surface area (Å²) in [6, 6.07) is 11.3. The fourth-order valence-corrected chi connectivity index (χ4v) is 4.64. The average Bonchev–Trinajstić information content (AvgIpc) is 2.98. The highest BCUT2D eigenvalue weighted by Gasteiger charge is 2.24. The number of carbonyl (C=O) groups excluding carboxylic acids is 1. The molecule has 164 valence electrons. The van der Waals surface area contributed by atoms with Crippen molar-refractivity contribution in [3.63, 3.8) is 0 Å². The normalized spacial score (nSPS) is 12.0. The lowest BCUT2D eigenvalue weighted by Crippen LogP contribution is -2.40. The number of benzene rings is 2. The zero-order valence-corrected chi connectivity index (χ0v) is 18.9. The van der Waals surface area contributed by atoms with Gasteiger partial charge in [0, 0.05) is 23.0 Å². The summed E-state index contributed by atoms with van der Waals surface area (Å²) < 4.78 is 29.4. The van der Waals surface area contributed by atoms with E-state index in [9.17, 15) is 18.0 Å². The van der Waals surface area contributed by atoms with Gasteiger partial charge in [-0.05, 0) is 64.4 Å². The monoisotopic (exact) mass is 442 g/mol. The molecular formula is C22H26N4O4S. The van der Waals surface area contributed by atoms with Crippen molar-refractivity contribution in [3.05, 3.63) is 76.0 Å². The van der Waals surface area contributed by atoms with Crippen molar-refractivity contribution in [2.24, 2.45) is 0 Å². The minimum atomic E-state index is -3.80. The van der Waals surface area contributed by atoms with Crippen LogP contribution in [0.15, 0.2) is 58.4 Å². The topological polar surface area (TPSA) is 113 Å². The van der Waals surface area contributed by atoms with Gasteiger partial charge in [-0.3, -0.25) is 9.36 Å². The van der Waals surface area contributed by atoms with Crippen LogP contribution in [-0.2, 0) is 10.0 Å². The second-order valence-electron chi connectivity index (χ2n) is 8.37. The summed E-state index contributed by atoms with van der Waals surface area (Å²) in [5.41, 5.74) is 1.49. The first kappa shape index (κ1) is 22.5. The Balaban J connectivity index is 1.99. The average molecular weight is 443 g/mol. The maximum atomic E-state index is 13.1. The number of rotatable bonds is 5. The van der Waals surface area contributed by atoms with Gasteiger partial charge in [0.1, 0.15) is 0 Å². The van der Waals surface area contributed by atoms with Crippen molar-refractivity contribution in [1.82, 2.24) is 14.3 Å². The molecule has 0 aliphatic heterocycles. The number of para-hydroxylation sites is 2. The molecular weight excluding hydrogens is 416 g/mol. The number of hydrogen-bond donors (Lipinski definition) is 3. The lowest BCUT2D eigenvalue weighted by atomic mass is 10.1. The molecule has 0 bridgehead atoms. The van der Waals surface area contributed by atoms with E-state index in [1.54, 1.807) is 71.1 Å². The zero-order valence-electron chi connectivity index (χ0n) is 18.1. The maximum Gasteiger partial charge on any atom is 0.330 e. The van der Waals surface area contributed by atoms with E-state index in [2.05, 4.69) is 15.0 Å². The van der Waals surface area contributed by atoms with E-state index in [0.29, 0.717) is 22.6 Å². The Morgan fingerprint density at radius 3 is 2.35 bits per heavy atom. The highest BCUT2D eigenvalue weighted by Crippen LogP contribution is 2.23. The minimum Gasteiger partial charge on any atom is -0.320 e. The third-order valence-corrected chi connectivity index (χ3v) is 6.31. The van der Waals surface area contributed by atoms with E-state index < -0.39 is 21.5 Å². The minimum absolute atomic E-state index is 0.00385. The highest BCUT2D eigenvalue weighted by molar-refractivity contribution is 7.89. The molecule has 3 rings (SSSR count). The lowest BCUT2D eigenvalue weighted by Gasteiger charge is -2.21. The van der Waals surface area contributed by atoms with Gasteiger partial charge in [0.05, 0.1) is 16.3 Å². The Morgan fingerprint density at radius 1 is 1.06 bits per heavy atom. The van der Waals surface area contributed by atoms with E-state index in [0.717, 1.165) is 0 Å². The number of nitrogens with one attached hydrogen (secondary N) is 3. The second-order valence-corrected chi connectivity index (χ2v) is 10.1. The fourth-order valence-electron chi connectivity index (χ4n) is 3.19. The van der Waals surface area contributed by atoms with Crippen LogP contribution < -0.4 is 15.7 Å². The predicted octanol–water partition coefficient (Wildman–Crippen LogP) is 3.11. The molecule has 0 fully saturated rings. The quantitative estimate of drug-likeness (QED) is 0.563. The molecule has 9 heteroatoms. The summed E-state index contributed by atoms with van der Waals surface area (Å²) in [6.45, 7) is 8.74. The molecule has 1 amide bonds. The molecule has 0 aliphatic carbocycles. The van der Waals surface area contributed by atoms with Gasteiger partial charge in [0.15, 0.2) is 0 Å². The number of nitrogens with zero attached hydrogens (tertiary/aromatic N) is 1. The number of sulfonamides is 1. The molecule has 3 aromatic rings. The number of imidazole rings is 1. The van der Waals surface area contributed by atoms with Crippen LogP contribution in [0.25, 0.3) is 5.69 Å². The van der Waals surface area contributed by atoms with Crippen molar-refractivity contribution >= 4 is 21.6 Å². The largest absolute Gasteiger partial charge is 0.330 e. The Bertz CT molecular complexity index is 1300. The molecule has 0 aliphatic rings. The predicted molar refractivity (Wildman–Crippen MR) is 120 cm³/mol. The summed E-state index contributed by atoms with van der Waals surface area (Å²) in [5.74, 6) is -0.473. The van der Waals surface area contributed by atoms with Gasteiger partial charge in [0.2, 0.25) is 10.0 Å². The van der Waals surface area contributed by atoms with E-state index in [1.165, 1.54) is 16.7 Å². The first-order chi connectivity index (χ1) is 14.4. The van der Waals surface area contributed by atoms with Gasteiger partial charge in [0.25, 0.3) is 5.91 Å². The standard InChI is InChI=1S/C22H26N4O4S/c1-14-10-11-16(31(29,30)25-22(3,4)5)12-17(14)20(27)24-18-8-6-7-9-19(18)26-15(2)13-23-21(26)28/h6-13,25H,1-5H3,(H,23,28)(H,24,27). The molecule has 0 saturated carbocycles. The van der Waals surface area contributed by atoms with Crippen molar-refractivity contribution < 1.29 is 13.2 Å². The number of H-pyrrole nitrogens is 1. The van der Waals surface area contributed by atoms with Gasteiger partial charge >= 0.3 is 5.69 Å². The van der Waals surface area contributed by atoms with Crippen LogP contribution in [-0.4, -0.2) is 29.4 Å². The first-order valence-corrected chi connectivity index (χ1v) is 11.2. The number of carbonyl (C=O) groups is 1. The summed E-state index contributed by atoms with van der Waals surface area (Å²) in [4.78, 5) is 27.9. The third-order valence-electron chi connectivity index (χ3n) is 4.56. The van der Waals surface area contributed by atoms with Gasteiger partial charge in [-0.25, -0.2) is 17.9 Å². The van der Waals surface area contributed by atoms with E-state index in [1.807, 2.05) is 0 Å². The van der Waals surface area contributed by atoms with Gasteiger partial charge in [-0.1, -0.05) is 18.2 Å². The van der Waals surface area contributed by atoms with Crippen molar-refractivity contribution in [3.8, 4) is 5.69 Å². The smallest absolute Gasteiger partial charge is 0.320 e. The summed E-state index contributed by atoms with van der Waals surface area (Å²) in [5, 5.41) is 2.81. The van der Waals surface area contributed by atoms with E-state index in [-0.39, 0.29) is 16.1 Å². The van der Waals surface area contributed by atoms with Gasteiger partial charge in [-0.15, -0.1) is 0 Å². The SMILES string of the molecule is Cc1ccc(S(=O)(=O)NC(C)(C)C)cc1C(=O)Nc1ccccc1-n1c(C)c[nH]c1=O. The van der Waals surface area contributed by atoms with Gasteiger partial charge in [-0.2, -0.15) is 0 Å². The number of anilines is 1. The molecule has 0 atom stereocenters. The van der Waals surface area contributed by atoms with Crippen LogP contribution in [0.1, 0.15) is 42.4 Å². The van der Waals surface area contributed by atoms with Crippen LogP contribution in [0.4, 0.5) is 5.69 Å². The molecule has 2 aromatic carbocycles. The number of aromatic nitrogens is 2. The van der Waals surface area contributed by atoms with Crippen LogP contribution in [0.3, 0.4) is 0 Å². The number of hydrogen-bond acceptors (Lipinski definition) is 4. The molecule has 8 nitrogen and oxygen atoms in total. The van der Waals surface area contributed by atoms with E-state index in [4.69, 9.17) is 0 Å². The Labute approximate surface area is 181 Å². The summed E-state index contributed by atoms with van der Waals surface area (Å²) in [6.07, 6.45) is 1.58. The van der Waals surface area contributed by atoms with Crippen LogP contribution in [0.2, 0.25) is 0 Å². The number of amides is 1. The Hall–Kier alpha value is -3.17. The highest BCUT2D eigenvalue weighted by atomic mass is 32.2. The molecule has 0 spiro atoms. The van der Waals surface area contributed by atoms with Crippen molar-refractivity contribution in [2.75, 3.05) is 5.32 Å². The first-order valence-electron chi connectivity index (χ1n) is 9.71. The molecule has 1 heterocycles. The molecule has 1 aromatic heterocycles. The van der Waals surface area contributed by atoms with Crippen LogP contribution >= 0.6 is 0 Å².